The Morgan fingerprint density at radius 3 is 1.10 bits per heavy atom. The van der Waals surface area contributed by atoms with Crippen LogP contribution in [-0.2, 0) is 27.1 Å². The molecule has 0 aliphatic heterocycles. The lowest BCUT2D eigenvalue weighted by Gasteiger charge is -2.44. The molecule has 0 aromatic heterocycles. The maximum absolute atomic E-state index is 4.05. The van der Waals surface area contributed by atoms with E-state index in [1.807, 2.05) is 6.08 Å². The second-order valence-electron chi connectivity index (χ2n) is 28.2. The smallest absolute Gasteiger partial charge is 0.0462 e. The average molecular weight is 1110 g/mol. The lowest BCUT2D eigenvalue weighted by molar-refractivity contribution is 0.302. The number of unbranched alkanes of at least 4 members (excludes halogenated alkanes) is 20. The molecule has 0 heterocycles. The zero-order valence-electron chi connectivity index (χ0n) is 54.7. The largest absolute Gasteiger partial charge is 0.311 e. The van der Waals surface area contributed by atoms with Gasteiger partial charge in [0.1, 0.15) is 0 Å². The lowest BCUT2D eigenvalue weighted by Crippen LogP contribution is -2.40. The SMILES string of the molecule is C=Cc1ccc(N(c2ccc(C(C)(C)C)cc2)c2ccc(C(C)(C)C(C)(C)c3ccc4c(c3)C(CCCCCCCC)(CCCCCCCC)c3cc5c(cc3-4)C(CCCCCCCC)(CCCCCCCC)c3ccccc3-5)cc2)cc1. The van der Waals surface area contributed by atoms with E-state index < -0.39 is 0 Å². The van der Waals surface area contributed by atoms with Crippen molar-refractivity contribution < 1.29 is 0 Å². The maximum Gasteiger partial charge on any atom is 0.0462 e. The molecular weight excluding hydrogens is 999 g/mol. The molecule has 0 amide bonds. The predicted molar refractivity (Wildman–Crippen MR) is 367 cm³/mol. The number of hydrogen-bond acceptors (Lipinski definition) is 1. The Hall–Kier alpha value is -5.14. The van der Waals surface area contributed by atoms with Crippen LogP contribution in [0.4, 0.5) is 17.1 Å². The minimum absolute atomic E-state index is 0.0236. The molecule has 0 radical (unpaired) electrons. The standard InChI is InChI=1S/C82H113N/c1-13-18-22-26-30-36-56-81(57-37-31-27-23-19-14-2)74-41-35-34-40-70(74)72-61-77-73(62-76(72)81)71-55-48-66(60-75(71)82(77,58-38-32-28-24-20-15-3)59-39-33-29-25-21-16-4)80(11,12)79(9,10)65-46-53-69(54-47-65)83(67-49-42-63(17-5)43-50-67)68-51-44-64(45-52-68)78(6,7)8/h17,34-35,40-55,60-62H,5,13-16,18-33,36-39,56-59H2,1-4,6-12H3. The monoisotopic (exact) mass is 1110 g/mol. The average Bonchev–Trinajstić information content (AvgIpc) is 1.70. The van der Waals surface area contributed by atoms with Gasteiger partial charge >= 0.3 is 0 Å². The highest BCUT2D eigenvalue weighted by molar-refractivity contribution is 5.90. The second-order valence-corrected chi connectivity index (χ2v) is 28.2. The maximum atomic E-state index is 4.05. The zero-order valence-corrected chi connectivity index (χ0v) is 54.7. The van der Waals surface area contributed by atoms with Crippen LogP contribution < -0.4 is 4.90 Å². The van der Waals surface area contributed by atoms with E-state index in [1.165, 1.54) is 213 Å². The van der Waals surface area contributed by atoms with Gasteiger partial charge in [-0.05, 0) is 157 Å². The van der Waals surface area contributed by atoms with Crippen LogP contribution in [0, 0.1) is 0 Å². The van der Waals surface area contributed by atoms with E-state index in [1.54, 1.807) is 33.4 Å². The summed E-state index contributed by atoms with van der Waals surface area (Å²) in [5.41, 5.74) is 21.3. The van der Waals surface area contributed by atoms with E-state index >= 15 is 0 Å². The van der Waals surface area contributed by atoms with Crippen molar-refractivity contribution >= 4 is 23.1 Å². The minimum atomic E-state index is -0.186. The van der Waals surface area contributed by atoms with Crippen LogP contribution in [0.25, 0.3) is 28.3 Å². The van der Waals surface area contributed by atoms with Crippen LogP contribution in [0.5, 0.6) is 0 Å². The summed E-state index contributed by atoms with van der Waals surface area (Å²) in [5.74, 6) is 0. The fourth-order valence-electron chi connectivity index (χ4n) is 15.0. The third-order valence-corrected chi connectivity index (χ3v) is 21.1. The van der Waals surface area contributed by atoms with Gasteiger partial charge in [-0.15, -0.1) is 0 Å². The molecule has 0 unspecified atom stereocenters. The summed E-state index contributed by atoms with van der Waals surface area (Å²) in [6.07, 6.45) is 39.0. The number of benzene rings is 6. The second kappa shape index (κ2) is 29.3. The Morgan fingerprint density at radius 1 is 0.337 bits per heavy atom. The lowest BCUT2D eigenvalue weighted by atomic mass is 9.60. The number of rotatable bonds is 35. The first-order valence-electron chi connectivity index (χ1n) is 34.3. The van der Waals surface area contributed by atoms with Gasteiger partial charge in [0.2, 0.25) is 0 Å². The highest BCUT2D eigenvalue weighted by atomic mass is 15.1. The van der Waals surface area contributed by atoms with Crippen molar-refractivity contribution in [1.82, 2.24) is 0 Å². The van der Waals surface area contributed by atoms with Crippen LogP contribution in [0.15, 0.2) is 134 Å². The molecule has 83 heavy (non-hydrogen) atoms. The normalized spacial score (nSPS) is 14.1. The Balaban J connectivity index is 1.23. The van der Waals surface area contributed by atoms with E-state index in [-0.39, 0.29) is 27.1 Å². The van der Waals surface area contributed by atoms with Crippen LogP contribution in [0.2, 0.25) is 0 Å². The van der Waals surface area contributed by atoms with Crippen molar-refractivity contribution in [2.24, 2.45) is 0 Å². The van der Waals surface area contributed by atoms with Crippen LogP contribution >= 0.6 is 0 Å². The fraction of sp³-hybridized carbons (Fsp3) is 0.537. The molecule has 0 fully saturated rings. The van der Waals surface area contributed by atoms with Gasteiger partial charge in [-0.25, -0.2) is 0 Å². The predicted octanol–water partition coefficient (Wildman–Crippen LogP) is 25.9. The number of hydrogen-bond donors (Lipinski definition) is 0. The molecule has 0 saturated carbocycles. The van der Waals surface area contributed by atoms with E-state index in [0.717, 1.165) is 16.9 Å². The molecule has 1 nitrogen and oxygen atoms in total. The van der Waals surface area contributed by atoms with Crippen LogP contribution in [0.3, 0.4) is 0 Å². The fourth-order valence-corrected chi connectivity index (χ4v) is 15.0. The number of anilines is 3. The van der Waals surface area contributed by atoms with Crippen molar-refractivity contribution in [3.63, 3.8) is 0 Å². The number of nitrogens with zero attached hydrogens (tertiary/aromatic N) is 1. The summed E-state index contributed by atoms with van der Waals surface area (Å²) >= 11 is 0. The van der Waals surface area contributed by atoms with Crippen molar-refractivity contribution in [1.29, 1.82) is 0 Å². The number of fused-ring (bicyclic) bond motifs is 6. The van der Waals surface area contributed by atoms with Crippen molar-refractivity contribution in [2.75, 3.05) is 4.90 Å². The molecule has 1 heteroatoms. The van der Waals surface area contributed by atoms with Gasteiger partial charge in [0.15, 0.2) is 0 Å². The molecule has 446 valence electrons. The molecule has 8 rings (SSSR count). The van der Waals surface area contributed by atoms with E-state index in [4.69, 9.17) is 0 Å². The molecule has 2 aliphatic rings. The Bertz CT molecular complexity index is 2920. The molecular formula is C82H113N. The topological polar surface area (TPSA) is 3.24 Å². The molecule has 0 atom stereocenters. The van der Waals surface area contributed by atoms with Gasteiger partial charge in [-0.2, -0.15) is 0 Å². The molecule has 6 aromatic carbocycles. The quantitative estimate of drug-likeness (QED) is 0.0359. The van der Waals surface area contributed by atoms with Crippen molar-refractivity contribution in [2.45, 2.75) is 283 Å². The van der Waals surface area contributed by atoms with E-state index in [0.29, 0.717) is 0 Å². The molecule has 6 aromatic rings. The Morgan fingerprint density at radius 2 is 0.675 bits per heavy atom. The van der Waals surface area contributed by atoms with E-state index in [9.17, 15) is 0 Å². The highest BCUT2D eigenvalue weighted by Crippen LogP contribution is 2.62. The van der Waals surface area contributed by atoms with Crippen LogP contribution in [0.1, 0.15) is 300 Å². The third-order valence-electron chi connectivity index (χ3n) is 21.1. The molecule has 0 spiro atoms. The highest BCUT2D eigenvalue weighted by Gasteiger charge is 2.49. The molecule has 2 aliphatic carbocycles. The Labute approximate surface area is 509 Å². The van der Waals surface area contributed by atoms with E-state index in [2.05, 4.69) is 215 Å². The van der Waals surface area contributed by atoms with Gasteiger partial charge in [0, 0.05) is 27.9 Å². The summed E-state index contributed by atoms with van der Waals surface area (Å²) < 4.78 is 0. The summed E-state index contributed by atoms with van der Waals surface area (Å²) in [4.78, 5) is 2.41. The van der Waals surface area contributed by atoms with Gasteiger partial charge in [-0.1, -0.05) is 322 Å². The molecule has 0 bridgehead atoms. The first-order chi connectivity index (χ1) is 40.1. The van der Waals surface area contributed by atoms with Gasteiger partial charge < -0.3 is 4.90 Å². The first kappa shape index (κ1) is 63.9. The molecule has 0 N–H and O–H groups in total. The van der Waals surface area contributed by atoms with Gasteiger partial charge in [0.25, 0.3) is 0 Å². The minimum Gasteiger partial charge on any atom is -0.311 e. The van der Waals surface area contributed by atoms with Crippen LogP contribution in [-0.4, -0.2) is 0 Å². The zero-order chi connectivity index (χ0) is 59.1. The van der Waals surface area contributed by atoms with Gasteiger partial charge in [-0.3, -0.25) is 0 Å². The summed E-state index contributed by atoms with van der Waals surface area (Å²) in [5, 5.41) is 0. The van der Waals surface area contributed by atoms with Gasteiger partial charge in [0.05, 0.1) is 0 Å². The summed E-state index contributed by atoms with van der Waals surface area (Å²) in [6.45, 7) is 30.5. The molecule has 0 saturated heterocycles. The van der Waals surface area contributed by atoms with Crippen molar-refractivity contribution in [3.8, 4) is 22.3 Å². The first-order valence-corrected chi connectivity index (χ1v) is 34.3. The Kier molecular flexibility index (Phi) is 22.5. The summed E-state index contributed by atoms with van der Waals surface area (Å²) in [7, 11) is 0. The third kappa shape index (κ3) is 14.2. The van der Waals surface area contributed by atoms with Crippen molar-refractivity contribution in [3.05, 3.63) is 178 Å². The summed E-state index contributed by atoms with van der Waals surface area (Å²) in [6, 6.07) is 51.1.